The SMILES string of the molecule is Cn1c(SCC2=C(C(=O)OC(c3ccccc3)c3ccccc3)N3C(=O)C(NC(=O)C(=NOC(F)F)c4csc(NC(c5ccccc5)(c5ccccc5)c5ccccc5)n4)[C@@H]3SC2)n[nH]c(=O)c1=O. The van der Waals surface area contributed by atoms with E-state index in [2.05, 4.69) is 35.8 Å². The van der Waals surface area contributed by atoms with E-state index in [1.165, 1.54) is 29.1 Å². The molecule has 3 N–H and O–H groups in total. The first-order valence-corrected chi connectivity index (χ1v) is 24.4. The van der Waals surface area contributed by atoms with Crippen molar-refractivity contribution in [3.8, 4) is 0 Å². The van der Waals surface area contributed by atoms with Gasteiger partial charge in [0.2, 0.25) is 0 Å². The average Bonchev–Trinajstić information content (AvgIpc) is 3.86. The summed E-state index contributed by atoms with van der Waals surface area (Å²) in [5.74, 6) is -2.38. The van der Waals surface area contributed by atoms with Gasteiger partial charge in [0.15, 0.2) is 22.1 Å². The van der Waals surface area contributed by atoms with Crippen LogP contribution < -0.4 is 21.8 Å². The number of rotatable bonds is 17. The molecule has 2 aliphatic rings. The standard InChI is InChI=1S/C50H40F2N8O7S3/c1-59-44(64)42(62)56-57-49(59)70-28-32-27-68-45-38(43(63)60(45)39(32)46(65)66-40(30-17-7-2-8-18-30)31-19-9-3-10-20-31)54-41(61)37(58-67-47(51)52)36-29-69-48(53-36)55-50(33-21-11-4-12-22-33,34-23-13-5-14-24-34)35-25-15-6-16-26-35/h2-26,29,38,40,45,47H,27-28H2,1H3,(H,53,55)(H,54,61)(H,56,62)/t38?,45-/m0/s1. The van der Waals surface area contributed by atoms with E-state index in [1.807, 2.05) is 152 Å². The minimum Gasteiger partial charge on any atom is -0.448 e. The zero-order chi connectivity index (χ0) is 48.8. The first kappa shape index (κ1) is 47.4. The minimum absolute atomic E-state index is 0.0424. The number of amides is 2. The Labute approximate surface area is 410 Å². The number of H-pyrrole nitrogens is 1. The van der Waals surface area contributed by atoms with Crippen molar-refractivity contribution in [2.45, 2.75) is 34.8 Å². The molecule has 2 aliphatic heterocycles. The summed E-state index contributed by atoms with van der Waals surface area (Å²) in [5, 5.41) is 17.0. The molecular formula is C50H40F2N8O7S3. The molecule has 0 spiro atoms. The molecule has 2 amide bonds. The molecule has 15 nitrogen and oxygen atoms in total. The molecule has 9 rings (SSSR count). The molecule has 5 aromatic carbocycles. The summed E-state index contributed by atoms with van der Waals surface area (Å²) in [5.41, 5.74) is 0.790. The fourth-order valence-electron chi connectivity index (χ4n) is 8.16. The zero-order valence-corrected chi connectivity index (χ0v) is 39.3. The number of oxime groups is 1. The van der Waals surface area contributed by atoms with Gasteiger partial charge >= 0.3 is 23.7 Å². The van der Waals surface area contributed by atoms with E-state index in [-0.39, 0.29) is 28.1 Å². The quantitative estimate of drug-likeness (QED) is 0.0161. The molecule has 0 bridgehead atoms. The molecule has 0 radical (unpaired) electrons. The summed E-state index contributed by atoms with van der Waals surface area (Å²) in [7, 11) is 1.39. The monoisotopic (exact) mass is 998 g/mol. The Morgan fingerprint density at radius 3 is 1.93 bits per heavy atom. The van der Waals surface area contributed by atoms with Crippen LogP contribution in [0.5, 0.6) is 0 Å². The minimum atomic E-state index is -3.39. The number of alkyl halides is 2. The lowest BCUT2D eigenvalue weighted by atomic mass is 9.77. The fraction of sp³-hybridized carbons (Fsp3) is 0.160. The number of nitrogens with zero attached hydrogens (tertiary/aromatic N) is 5. The van der Waals surface area contributed by atoms with E-state index in [1.54, 1.807) is 0 Å². The van der Waals surface area contributed by atoms with Gasteiger partial charge in [0.1, 0.15) is 28.3 Å². The number of thioether (sulfide) groups is 2. The number of benzene rings is 5. The van der Waals surface area contributed by atoms with Crippen molar-refractivity contribution in [3.05, 3.63) is 223 Å². The Morgan fingerprint density at radius 2 is 1.39 bits per heavy atom. The number of halogens is 2. The van der Waals surface area contributed by atoms with Crippen LogP contribution in [-0.4, -0.2) is 77.7 Å². The van der Waals surface area contributed by atoms with Gasteiger partial charge in [-0.1, -0.05) is 169 Å². The number of aromatic nitrogens is 4. The molecule has 1 fully saturated rings. The van der Waals surface area contributed by atoms with E-state index < -0.39 is 64.3 Å². The number of nitrogens with one attached hydrogen (secondary N) is 3. The summed E-state index contributed by atoms with van der Waals surface area (Å²) in [6.07, 6.45) is -0.887. The Kier molecular flexibility index (Phi) is 14.1. The van der Waals surface area contributed by atoms with Gasteiger partial charge in [-0.25, -0.2) is 14.9 Å². The maximum atomic E-state index is 14.6. The van der Waals surface area contributed by atoms with Gasteiger partial charge in [-0.05, 0) is 33.4 Å². The van der Waals surface area contributed by atoms with Gasteiger partial charge in [0.25, 0.3) is 11.8 Å². The van der Waals surface area contributed by atoms with Crippen molar-refractivity contribution in [1.29, 1.82) is 0 Å². The number of hydrogen-bond donors (Lipinski definition) is 3. The lowest BCUT2D eigenvalue weighted by Gasteiger charge is -2.49. The van der Waals surface area contributed by atoms with Gasteiger partial charge < -0.3 is 20.2 Å². The molecular weight excluding hydrogens is 959 g/mol. The number of carbonyl (C=O) groups is 3. The molecule has 4 heterocycles. The highest BCUT2D eigenvalue weighted by Gasteiger charge is 2.55. The number of aromatic amines is 1. The fourth-order valence-corrected chi connectivity index (χ4v) is 11.3. The van der Waals surface area contributed by atoms with E-state index in [4.69, 9.17) is 4.74 Å². The molecule has 2 atom stereocenters. The van der Waals surface area contributed by atoms with Crippen LogP contribution in [0.1, 0.15) is 39.6 Å². The Morgan fingerprint density at radius 1 is 0.843 bits per heavy atom. The molecule has 1 unspecified atom stereocenters. The number of carbonyl (C=O) groups excluding carboxylic acids is 3. The number of thiazole rings is 1. The normalized spacial score (nSPS) is 15.9. The summed E-state index contributed by atoms with van der Waals surface area (Å²) >= 11 is 3.39. The Bertz CT molecular complexity index is 3060. The van der Waals surface area contributed by atoms with Crippen LogP contribution in [0.4, 0.5) is 13.9 Å². The maximum absolute atomic E-state index is 14.6. The highest BCUT2D eigenvalue weighted by atomic mass is 32.2. The third-order valence-electron chi connectivity index (χ3n) is 11.5. The lowest BCUT2D eigenvalue weighted by molar-refractivity contribution is -0.154. The number of ether oxygens (including phenoxy) is 1. The van der Waals surface area contributed by atoms with Crippen LogP contribution in [0, 0.1) is 0 Å². The van der Waals surface area contributed by atoms with E-state index >= 15 is 0 Å². The number of β-lactam (4-membered cyclic amide) rings is 1. The predicted octanol–water partition coefficient (Wildman–Crippen LogP) is 7.05. The third-order valence-corrected chi connectivity index (χ3v) is 14.7. The third kappa shape index (κ3) is 9.65. The summed E-state index contributed by atoms with van der Waals surface area (Å²) in [6, 6.07) is 45.9. The molecule has 0 saturated carbocycles. The zero-order valence-electron chi connectivity index (χ0n) is 36.8. The summed E-state index contributed by atoms with van der Waals surface area (Å²) < 4.78 is 34.6. The number of esters is 1. The highest BCUT2D eigenvalue weighted by molar-refractivity contribution is 8.01. The Balaban J connectivity index is 1.01. The average molecular weight is 999 g/mol. The Hall–Kier alpha value is -7.68. The van der Waals surface area contributed by atoms with Gasteiger partial charge in [0, 0.05) is 23.9 Å². The van der Waals surface area contributed by atoms with Gasteiger partial charge in [0.05, 0.1) is 0 Å². The molecule has 2 aromatic heterocycles. The smallest absolute Gasteiger partial charge is 0.407 e. The molecule has 20 heteroatoms. The van der Waals surface area contributed by atoms with E-state index in [0.29, 0.717) is 21.8 Å². The van der Waals surface area contributed by atoms with Crippen molar-refractivity contribution < 1.29 is 32.7 Å². The molecule has 1 saturated heterocycles. The van der Waals surface area contributed by atoms with Crippen molar-refractivity contribution in [1.82, 2.24) is 30.0 Å². The van der Waals surface area contributed by atoms with Crippen LogP contribution in [0.25, 0.3) is 0 Å². The molecule has 70 heavy (non-hydrogen) atoms. The van der Waals surface area contributed by atoms with Crippen LogP contribution in [-0.2, 0) is 36.5 Å². The van der Waals surface area contributed by atoms with E-state index in [0.717, 1.165) is 44.4 Å². The largest absolute Gasteiger partial charge is 0.448 e. The predicted molar refractivity (Wildman–Crippen MR) is 262 cm³/mol. The summed E-state index contributed by atoms with van der Waals surface area (Å²) in [4.78, 5) is 77.8. The molecule has 354 valence electrons. The molecule has 0 aliphatic carbocycles. The lowest BCUT2D eigenvalue weighted by Crippen LogP contribution is -2.71. The van der Waals surface area contributed by atoms with Crippen LogP contribution >= 0.6 is 34.9 Å². The van der Waals surface area contributed by atoms with Crippen LogP contribution in [0.15, 0.2) is 188 Å². The van der Waals surface area contributed by atoms with Crippen molar-refractivity contribution in [2.75, 3.05) is 16.8 Å². The van der Waals surface area contributed by atoms with Crippen molar-refractivity contribution in [3.63, 3.8) is 0 Å². The van der Waals surface area contributed by atoms with Gasteiger partial charge in [-0.15, -0.1) is 28.2 Å². The topological polar surface area (TPSA) is 190 Å². The highest BCUT2D eigenvalue weighted by Crippen LogP contribution is 2.44. The second-order valence-electron chi connectivity index (χ2n) is 15.7. The number of hydrogen-bond acceptors (Lipinski definition) is 14. The van der Waals surface area contributed by atoms with Gasteiger partial charge in [-0.2, -0.15) is 8.78 Å². The van der Waals surface area contributed by atoms with E-state index in [9.17, 15) is 32.8 Å². The first-order chi connectivity index (χ1) is 34.0. The van der Waals surface area contributed by atoms with Crippen LogP contribution in [0.3, 0.4) is 0 Å². The molecule has 7 aromatic rings. The van der Waals surface area contributed by atoms with Crippen molar-refractivity contribution in [2.24, 2.45) is 12.2 Å². The van der Waals surface area contributed by atoms with Crippen molar-refractivity contribution >= 4 is 63.5 Å². The number of fused-ring (bicyclic) bond motifs is 1. The first-order valence-electron chi connectivity index (χ1n) is 21.5. The second kappa shape index (κ2) is 20.9. The second-order valence-corrected chi connectivity index (χ2v) is 18.6. The number of anilines is 1. The summed E-state index contributed by atoms with van der Waals surface area (Å²) in [6.45, 7) is -3.39. The van der Waals surface area contributed by atoms with Gasteiger partial charge in [-0.3, -0.25) is 28.6 Å². The maximum Gasteiger partial charge on any atom is 0.407 e. The van der Waals surface area contributed by atoms with Crippen LogP contribution in [0.2, 0.25) is 0 Å².